The molecule has 0 spiro atoms. The van der Waals surface area contributed by atoms with E-state index in [9.17, 15) is 13.2 Å². The van der Waals surface area contributed by atoms with Crippen molar-refractivity contribution in [2.45, 2.75) is 6.36 Å². The van der Waals surface area contributed by atoms with Gasteiger partial charge < -0.3 is 4.74 Å². The molecule has 0 aliphatic rings. The minimum absolute atomic E-state index is 0.209. The molecule has 0 fully saturated rings. The van der Waals surface area contributed by atoms with E-state index >= 15 is 0 Å². The molecule has 0 aliphatic heterocycles. The molecule has 0 heterocycles. The third-order valence-corrected chi connectivity index (χ3v) is 2.87. The number of hydrogen-bond acceptors (Lipinski definition) is 1. The van der Waals surface area contributed by atoms with Crippen LogP contribution in [0.5, 0.6) is 5.75 Å². The zero-order chi connectivity index (χ0) is 13.2. The van der Waals surface area contributed by atoms with Gasteiger partial charge in [0.1, 0.15) is 5.75 Å². The molecule has 0 saturated carbocycles. The first-order valence-electron chi connectivity index (χ1n) is 4.98. The highest BCUT2D eigenvalue weighted by Crippen LogP contribution is 2.33. The van der Waals surface area contributed by atoms with Gasteiger partial charge >= 0.3 is 6.36 Å². The Kier molecular flexibility index (Phi) is 3.79. The van der Waals surface area contributed by atoms with Crippen molar-refractivity contribution in [3.8, 4) is 16.9 Å². The van der Waals surface area contributed by atoms with Crippen molar-refractivity contribution >= 4 is 22.6 Å². The summed E-state index contributed by atoms with van der Waals surface area (Å²) >= 11 is 2.08. The molecule has 0 aliphatic carbocycles. The van der Waals surface area contributed by atoms with Crippen molar-refractivity contribution in [1.82, 2.24) is 0 Å². The monoisotopic (exact) mass is 363 g/mol. The SMILES string of the molecule is FC(F)(F)Oc1ccccc1-c1c[c]c(I)cc1. The summed E-state index contributed by atoms with van der Waals surface area (Å²) in [7, 11) is 0. The molecule has 2 rings (SSSR count). The van der Waals surface area contributed by atoms with Crippen LogP contribution in [-0.2, 0) is 0 Å². The van der Waals surface area contributed by atoms with Gasteiger partial charge in [-0.1, -0.05) is 24.3 Å². The van der Waals surface area contributed by atoms with Crippen LogP contribution in [0.3, 0.4) is 0 Å². The molecule has 5 heteroatoms. The van der Waals surface area contributed by atoms with Crippen molar-refractivity contribution in [3.05, 3.63) is 52.1 Å². The predicted octanol–water partition coefficient (Wildman–Crippen LogP) is 4.66. The minimum atomic E-state index is -4.69. The minimum Gasteiger partial charge on any atom is -0.405 e. The first-order valence-corrected chi connectivity index (χ1v) is 6.06. The van der Waals surface area contributed by atoms with Gasteiger partial charge in [-0.25, -0.2) is 0 Å². The van der Waals surface area contributed by atoms with Crippen LogP contribution < -0.4 is 4.74 Å². The van der Waals surface area contributed by atoms with Crippen LogP contribution in [0, 0.1) is 9.64 Å². The zero-order valence-corrected chi connectivity index (χ0v) is 11.1. The number of ether oxygens (including phenoxy) is 1. The van der Waals surface area contributed by atoms with Crippen molar-refractivity contribution in [1.29, 1.82) is 0 Å². The predicted molar refractivity (Wildman–Crippen MR) is 70.1 cm³/mol. The van der Waals surface area contributed by atoms with Gasteiger partial charge in [0.2, 0.25) is 0 Å². The lowest BCUT2D eigenvalue weighted by Gasteiger charge is -2.13. The molecule has 1 nitrogen and oxygen atoms in total. The van der Waals surface area contributed by atoms with E-state index in [4.69, 9.17) is 0 Å². The fourth-order valence-corrected chi connectivity index (χ4v) is 1.83. The number of para-hydroxylation sites is 1. The van der Waals surface area contributed by atoms with Gasteiger partial charge in [0.05, 0.1) is 0 Å². The molecule has 0 N–H and O–H groups in total. The van der Waals surface area contributed by atoms with E-state index < -0.39 is 6.36 Å². The van der Waals surface area contributed by atoms with Crippen LogP contribution in [-0.4, -0.2) is 6.36 Å². The number of halogens is 4. The molecule has 18 heavy (non-hydrogen) atoms. The summed E-state index contributed by atoms with van der Waals surface area (Å²) in [5.41, 5.74) is 1.03. The maximum Gasteiger partial charge on any atom is 0.573 e. The van der Waals surface area contributed by atoms with E-state index in [1.807, 2.05) is 0 Å². The Labute approximate surface area is 116 Å². The van der Waals surface area contributed by atoms with Gasteiger partial charge in [-0.3, -0.25) is 0 Å². The molecular formula is C13H7F3IO. The van der Waals surface area contributed by atoms with Gasteiger partial charge in [0.25, 0.3) is 0 Å². The van der Waals surface area contributed by atoms with Crippen molar-refractivity contribution in [2.75, 3.05) is 0 Å². The number of benzene rings is 2. The quantitative estimate of drug-likeness (QED) is 0.706. The second kappa shape index (κ2) is 5.17. The number of hydrogen-bond donors (Lipinski definition) is 0. The Morgan fingerprint density at radius 2 is 1.78 bits per heavy atom. The summed E-state index contributed by atoms with van der Waals surface area (Å²) in [5.74, 6) is -0.209. The molecule has 0 saturated heterocycles. The van der Waals surface area contributed by atoms with Crippen molar-refractivity contribution in [3.63, 3.8) is 0 Å². The fraction of sp³-hybridized carbons (Fsp3) is 0.0769. The maximum absolute atomic E-state index is 12.3. The molecule has 0 aromatic heterocycles. The first kappa shape index (κ1) is 13.2. The first-order chi connectivity index (χ1) is 8.46. The van der Waals surface area contributed by atoms with Crippen LogP contribution in [0.15, 0.2) is 42.5 Å². The second-order valence-corrected chi connectivity index (χ2v) is 4.63. The van der Waals surface area contributed by atoms with Crippen LogP contribution in [0.2, 0.25) is 0 Å². The fourth-order valence-electron chi connectivity index (χ4n) is 1.49. The third kappa shape index (κ3) is 3.38. The van der Waals surface area contributed by atoms with E-state index in [0.717, 1.165) is 3.57 Å². The largest absolute Gasteiger partial charge is 0.573 e. The topological polar surface area (TPSA) is 9.23 Å². The van der Waals surface area contributed by atoms with Gasteiger partial charge in [-0.15, -0.1) is 13.2 Å². The Bertz CT molecular complexity index is 535. The van der Waals surface area contributed by atoms with Gasteiger partial charge in [0.15, 0.2) is 0 Å². The Morgan fingerprint density at radius 1 is 1.06 bits per heavy atom. The Morgan fingerprint density at radius 3 is 2.39 bits per heavy atom. The molecule has 2 aromatic carbocycles. The normalized spacial score (nSPS) is 11.3. The Balaban J connectivity index is 2.41. The third-order valence-electron chi connectivity index (χ3n) is 2.20. The van der Waals surface area contributed by atoms with Crippen molar-refractivity contribution in [2.24, 2.45) is 0 Å². The maximum atomic E-state index is 12.3. The lowest BCUT2D eigenvalue weighted by atomic mass is 10.1. The summed E-state index contributed by atoms with van der Waals surface area (Å²) in [4.78, 5) is 0. The molecule has 1 radical (unpaired) electrons. The van der Waals surface area contributed by atoms with Crippen molar-refractivity contribution < 1.29 is 17.9 Å². The smallest absolute Gasteiger partial charge is 0.405 e. The molecule has 2 aromatic rings. The standard InChI is InChI=1S/C13H7F3IO/c14-13(15,16)18-12-4-2-1-3-11(12)9-5-7-10(17)8-6-9/h1-7H. The van der Waals surface area contributed by atoms with Gasteiger partial charge in [-0.2, -0.15) is 0 Å². The van der Waals surface area contributed by atoms with E-state index in [2.05, 4.69) is 33.4 Å². The zero-order valence-electron chi connectivity index (χ0n) is 8.96. The lowest BCUT2D eigenvalue weighted by molar-refractivity contribution is -0.274. The molecule has 93 valence electrons. The van der Waals surface area contributed by atoms with Crippen LogP contribution >= 0.6 is 22.6 Å². The summed E-state index contributed by atoms with van der Waals surface area (Å²) in [6.45, 7) is 0. The highest BCUT2D eigenvalue weighted by Gasteiger charge is 2.32. The average molecular weight is 363 g/mol. The summed E-state index contributed by atoms with van der Waals surface area (Å²) < 4.78 is 41.7. The number of rotatable bonds is 2. The lowest BCUT2D eigenvalue weighted by Crippen LogP contribution is -2.17. The van der Waals surface area contributed by atoms with Crippen LogP contribution in [0.1, 0.15) is 0 Å². The van der Waals surface area contributed by atoms with Gasteiger partial charge in [0, 0.05) is 9.13 Å². The summed E-state index contributed by atoms with van der Waals surface area (Å²) in [5, 5.41) is 0. The molecule has 0 amide bonds. The molecule has 0 unspecified atom stereocenters. The highest BCUT2D eigenvalue weighted by atomic mass is 127. The van der Waals surface area contributed by atoms with E-state index in [0.29, 0.717) is 11.1 Å². The molecule has 0 atom stereocenters. The highest BCUT2D eigenvalue weighted by molar-refractivity contribution is 14.1. The number of alkyl halides is 3. The van der Waals surface area contributed by atoms with E-state index in [1.54, 1.807) is 30.3 Å². The average Bonchev–Trinajstić information content (AvgIpc) is 2.29. The molecule has 0 bridgehead atoms. The molecular weight excluding hydrogens is 356 g/mol. The Hall–Kier alpha value is -1.24. The van der Waals surface area contributed by atoms with Crippen LogP contribution in [0.4, 0.5) is 13.2 Å². The van der Waals surface area contributed by atoms with E-state index in [-0.39, 0.29) is 5.75 Å². The summed E-state index contributed by atoms with van der Waals surface area (Å²) in [6.07, 6.45) is -4.69. The van der Waals surface area contributed by atoms with Gasteiger partial charge in [-0.05, 0) is 52.4 Å². The second-order valence-electron chi connectivity index (χ2n) is 3.47. The van der Waals surface area contributed by atoms with Crippen LogP contribution in [0.25, 0.3) is 11.1 Å². The summed E-state index contributed by atoms with van der Waals surface area (Å²) in [6, 6.07) is 14.1. The van der Waals surface area contributed by atoms with E-state index in [1.165, 1.54) is 12.1 Å².